The monoisotopic (exact) mass is 250 g/mol. The highest BCUT2D eigenvalue weighted by Crippen LogP contribution is 2.20. The van der Waals surface area contributed by atoms with Crippen LogP contribution >= 0.6 is 0 Å². The lowest BCUT2D eigenvalue weighted by atomic mass is 10.3. The third kappa shape index (κ3) is 3.96. The van der Waals surface area contributed by atoms with Crippen molar-refractivity contribution in [2.24, 2.45) is 0 Å². The van der Waals surface area contributed by atoms with Crippen LogP contribution in [0, 0.1) is 6.92 Å². The Hall–Kier alpha value is -1.13. The second-order valence-corrected chi connectivity index (χ2v) is 4.87. The predicted molar refractivity (Wildman–Crippen MR) is 70.6 cm³/mol. The molecule has 0 atom stereocenters. The fourth-order valence-corrected chi connectivity index (χ4v) is 2.29. The summed E-state index contributed by atoms with van der Waals surface area (Å²) in [6.07, 6.45) is 5.50. The van der Waals surface area contributed by atoms with Gasteiger partial charge in [-0.2, -0.15) is 0 Å². The van der Waals surface area contributed by atoms with E-state index in [0.29, 0.717) is 18.3 Å². The number of aromatic nitrogens is 1. The SMILES string of the molecule is Cc1ccc(O)c(CNCCOC2CCCC2)n1. The average Bonchev–Trinajstić information content (AvgIpc) is 2.86. The van der Waals surface area contributed by atoms with Gasteiger partial charge in [-0.05, 0) is 31.9 Å². The Labute approximate surface area is 108 Å². The molecule has 0 spiro atoms. The molecule has 4 nitrogen and oxygen atoms in total. The lowest BCUT2D eigenvalue weighted by Crippen LogP contribution is -2.22. The van der Waals surface area contributed by atoms with Crippen molar-refractivity contribution in [3.63, 3.8) is 0 Å². The Balaban J connectivity index is 1.64. The lowest BCUT2D eigenvalue weighted by Gasteiger charge is -2.11. The molecule has 1 aliphatic rings. The van der Waals surface area contributed by atoms with Crippen LogP contribution in [-0.4, -0.2) is 29.3 Å². The molecule has 1 fully saturated rings. The number of hydrogen-bond acceptors (Lipinski definition) is 4. The van der Waals surface area contributed by atoms with Gasteiger partial charge in [0.2, 0.25) is 0 Å². The summed E-state index contributed by atoms with van der Waals surface area (Å²) in [7, 11) is 0. The molecule has 100 valence electrons. The standard InChI is InChI=1S/C14H22N2O2/c1-11-6-7-14(17)13(16-11)10-15-8-9-18-12-4-2-3-5-12/h6-7,12,15,17H,2-5,8-10H2,1H3. The smallest absolute Gasteiger partial charge is 0.138 e. The van der Waals surface area contributed by atoms with Crippen molar-refractivity contribution in [2.45, 2.75) is 45.3 Å². The maximum atomic E-state index is 9.63. The number of ether oxygens (including phenoxy) is 1. The molecule has 0 saturated heterocycles. The molecule has 1 aromatic rings. The normalized spacial score (nSPS) is 16.3. The Kier molecular flexibility index (Phi) is 4.96. The molecule has 1 heterocycles. The highest BCUT2D eigenvalue weighted by atomic mass is 16.5. The summed E-state index contributed by atoms with van der Waals surface area (Å²) in [5, 5.41) is 12.9. The highest BCUT2D eigenvalue weighted by Gasteiger charge is 2.14. The Morgan fingerprint density at radius 1 is 1.39 bits per heavy atom. The quantitative estimate of drug-likeness (QED) is 0.760. The number of aromatic hydroxyl groups is 1. The summed E-state index contributed by atoms with van der Waals surface area (Å²) in [6.45, 7) is 4.04. The molecule has 0 bridgehead atoms. The second kappa shape index (κ2) is 6.71. The van der Waals surface area contributed by atoms with Crippen molar-refractivity contribution in [3.8, 4) is 5.75 Å². The summed E-state index contributed by atoms with van der Waals surface area (Å²) in [5.41, 5.74) is 1.63. The first-order chi connectivity index (χ1) is 8.75. The van der Waals surface area contributed by atoms with E-state index in [0.717, 1.165) is 18.8 Å². The van der Waals surface area contributed by atoms with Crippen LogP contribution in [0.4, 0.5) is 0 Å². The fraction of sp³-hybridized carbons (Fsp3) is 0.643. The maximum Gasteiger partial charge on any atom is 0.138 e. The van der Waals surface area contributed by atoms with E-state index in [-0.39, 0.29) is 5.75 Å². The third-order valence-corrected chi connectivity index (χ3v) is 3.32. The van der Waals surface area contributed by atoms with Crippen LogP contribution in [0.25, 0.3) is 0 Å². The molecule has 2 N–H and O–H groups in total. The Morgan fingerprint density at radius 3 is 2.94 bits per heavy atom. The van der Waals surface area contributed by atoms with Crippen molar-refractivity contribution in [3.05, 3.63) is 23.5 Å². The molecule has 2 rings (SSSR count). The van der Waals surface area contributed by atoms with Gasteiger partial charge in [-0.25, -0.2) is 0 Å². The highest BCUT2D eigenvalue weighted by molar-refractivity contribution is 5.27. The van der Waals surface area contributed by atoms with Gasteiger partial charge in [0.1, 0.15) is 5.75 Å². The molecule has 4 heteroatoms. The van der Waals surface area contributed by atoms with E-state index in [9.17, 15) is 5.11 Å². The van der Waals surface area contributed by atoms with Crippen LogP contribution in [-0.2, 0) is 11.3 Å². The molecule has 0 aliphatic heterocycles. The minimum Gasteiger partial charge on any atom is -0.506 e. The van der Waals surface area contributed by atoms with Gasteiger partial charge >= 0.3 is 0 Å². The molecule has 0 radical (unpaired) electrons. The van der Waals surface area contributed by atoms with E-state index in [2.05, 4.69) is 10.3 Å². The van der Waals surface area contributed by atoms with Gasteiger partial charge in [-0.1, -0.05) is 12.8 Å². The largest absolute Gasteiger partial charge is 0.506 e. The number of aryl methyl sites for hydroxylation is 1. The van der Waals surface area contributed by atoms with Gasteiger partial charge in [0.05, 0.1) is 18.4 Å². The molecule has 0 unspecified atom stereocenters. The second-order valence-electron chi connectivity index (χ2n) is 4.87. The molecule has 1 aliphatic carbocycles. The van der Waals surface area contributed by atoms with Crippen LogP contribution < -0.4 is 5.32 Å². The number of pyridine rings is 1. The summed E-state index contributed by atoms with van der Waals surface area (Å²) >= 11 is 0. The molecular weight excluding hydrogens is 228 g/mol. The van der Waals surface area contributed by atoms with Crippen molar-refractivity contribution >= 4 is 0 Å². The first-order valence-electron chi connectivity index (χ1n) is 6.73. The van der Waals surface area contributed by atoms with Gasteiger partial charge in [0.25, 0.3) is 0 Å². The van der Waals surface area contributed by atoms with Crippen molar-refractivity contribution < 1.29 is 9.84 Å². The van der Waals surface area contributed by atoms with Crippen molar-refractivity contribution in [1.82, 2.24) is 10.3 Å². The van der Waals surface area contributed by atoms with E-state index >= 15 is 0 Å². The number of nitrogens with zero attached hydrogens (tertiary/aromatic N) is 1. The fourth-order valence-electron chi connectivity index (χ4n) is 2.29. The van der Waals surface area contributed by atoms with Crippen LogP contribution in [0.1, 0.15) is 37.1 Å². The van der Waals surface area contributed by atoms with Gasteiger partial charge in [-0.15, -0.1) is 0 Å². The number of rotatable bonds is 6. The predicted octanol–water partition coefficient (Wildman–Crippen LogP) is 2.14. The molecular formula is C14H22N2O2. The van der Waals surface area contributed by atoms with Crippen LogP contribution in [0.5, 0.6) is 5.75 Å². The zero-order chi connectivity index (χ0) is 12.8. The topological polar surface area (TPSA) is 54.4 Å². The minimum absolute atomic E-state index is 0.254. The molecule has 0 amide bonds. The number of hydrogen-bond donors (Lipinski definition) is 2. The van der Waals surface area contributed by atoms with E-state index in [1.807, 2.05) is 13.0 Å². The van der Waals surface area contributed by atoms with E-state index in [1.54, 1.807) is 6.07 Å². The minimum atomic E-state index is 0.254. The van der Waals surface area contributed by atoms with Crippen molar-refractivity contribution in [1.29, 1.82) is 0 Å². The summed E-state index contributed by atoms with van der Waals surface area (Å²) in [5.74, 6) is 0.254. The molecule has 1 saturated carbocycles. The molecule has 1 aromatic heterocycles. The molecule has 18 heavy (non-hydrogen) atoms. The maximum absolute atomic E-state index is 9.63. The first-order valence-corrected chi connectivity index (χ1v) is 6.73. The third-order valence-electron chi connectivity index (χ3n) is 3.32. The van der Waals surface area contributed by atoms with Gasteiger partial charge < -0.3 is 15.2 Å². The van der Waals surface area contributed by atoms with Crippen molar-refractivity contribution in [2.75, 3.05) is 13.2 Å². The summed E-state index contributed by atoms with van der Waals surface area (Å²) in [4.78, 5) is 4.29. The summed E-state index contributed by atoms with van der Waals surface area (Å²) in [6, 6.07) is 3.50. The van der Waals surface area contributed by atoms with Gasteiger partial charge in [0, 0.05) is 18.8 Å². The Morgan fingerprint density at radius 2 is 2.17 bits per heavy atom. The molecule has 0 aromatic carbocycles. The van der Waals surface area contributed by atoms with E-state index in [1.165, 1.54) is 25.7 Å². The van der Waals surface area contributed by atoms with E-state index < -0.39 is 0 Å². The Bertz CT molecular complexity index is 376. The lowest BCUT2D eigenvalue weighted by molar-refractivity contribution is 0.0602. The van der Waals surface area contributed by atoms with Gasteiger partial charge in [0.15, 0.2) is 0 Å². The zero-order valence-electron chi connectivity index (χ0n) is 11.0. The van der Waals surface area contributed by atoms with Crippen LogP contribution in [0.15, 0.2) is 12.1 Å². The summed E-state index contributed by atoms with van der Waals surface area (Å²) < 4.78 is 5.75. The zero-order valence-corrected chi connectivity index (χ0v) is 11.0. The number of nitrogens with one attached hydrogen (secondary N) is 1. The van der Waals surface area contributed by atoms with Crippen LogP contribution in [0.3, 0.4) is 0 Å². The van der Waals surface area contributed by atoms with Gasteiger partial charge in [-0.3, -0.25) is 4.98 Å². The van der Waals surface area contributed by atoms with E-state index in [4.69, 9.17) is 4.74 Å². The average molecular weight is 250 g/mol. The first kappa shape index (κ1) is 13.3. The van der Waals surface area contributed by atoms with Crippen LogP contribution in [0.2, 0.25) is 0 Å².